The van der Waals surface area contributed by atoms with Crippen LogP contribution in [0.3, 0.4) is 0 Å². The van der Waals surface area contributed by atoms with Crippen molar-refractivity contribution in [2.45, 2.75) is 6.42 Å². The number of rotatable bonds is 2. The molecule has 0 radical (unpaired) electrons. The SMILES string of the molecule is Nc1ccc2nc(C(=O)N3CCc4c3ccc3[nH]c(C(=O)O)cc43)sc2c1. The molecule has 0 bridgehead atoms. The molecule has 134 valence electrons. The predicted octanol–water partition coefficient (Wildman–Crippen LogP) is 3.26. The van der Waals surface area contributed by atoms with E-state index in [2.05, 4.69) is 9.97 Å². The number of hydrogen-bond donors (Lipinski definition) is 3. The Kier molecular flexibility index (Phi) is 3.26. The third-order valence-electron chi connectivity index (χ3n) is 4.84. The van der Waals surface area contributed by atoms with Gasteiger partial charge in [0.25, 0.3) is 5.91 Å². The molecule has 1 amide bonds. The average Bonchev–Trinajstić information content (AvgIpc) is 3.35. The quantitative estimate of drug-likeness (QED) is 0.464. The lowest BCUT2D eigenvalue weighted by atomic mass is 10.1. The Morgan fingerprint density at radius 3 is 2.89 bits per heavy atom. The lowest BCUT2D eigenvalue weighted by Crippen LogP contribution is -2.28. The zero-order valence-corrected chi connectivity index (χ0v) is 14.8. The van der Waals surface area contributed by atoms with Gasteiger partial charge in [-0.25, -0.2) is 9.78 Å². The van der Waals surface area contributed by atoms with E-state index in [1.165, 1.54) is 11.3 Å². The number of fused-ring (bicyclic) bond motifs is 4. The van der Waals surface area contributed by atoms with Crippen LogP contribution in [0.2, 0.25) is 0 Å². The maximum Gasteiger partial charge on any atom is 0.352 e. The molecular weight excluding hydrogens is 364 g/mol. The number of carboxylic acid groups (broad SMARTS) is 1. The minimum absolute atomic E-state index is 0.145. The molecule has 0 aliphatic carbocycles. The maximum absolute atomic E-state index is 13.1. The van der Waals surface area contributed by atoms with Gasteiger partial charge in [0.15, 0.2) is 5.01 Å². The number of amides is 1. The van der Waals surface area contributed by atoms with Gasteiger partial charge in [0.05, 0.1) is 10.2 Å². The average molecular weight is 378 g/mol. The lowest BCUT2D eigenvalue weighted by molar-refractivity contribution is 0.0691. The number of carboxylic acids is 1. The molecule has 0 saturated carbocycles. The number of carbonyl (C=O) groups excluding carboxylic acids is 1. The van der Waals surface area contributed by atoms with E-state index in [1.807, 2.05) is 24.3 Å². The smallest absolute Gasteiger partial charge is 0.352 e. The lowest BCUT2D eigenvalue weighted by Gasteiger charge is -2.15. The summed E-state index contributed by atoms with van der Waals surface area (Å²) < 4.78 is 0.880. The van der Waals surface area contributed by atoms with Crippen molar-refractivity contribution in [2.75, 3.05) is 17.2 Å². The van der Waals surface area contributed by atoms with Gasteiger partial charge in [0, 0.05) is 28.8 Å². The minimum atomic E-state index is -1.00. The summed E-state index contributed by atoms with van der Waals surface area (Å²) in [4.78, 5) is 33.3. The number of benzene rings is 2. The van der Waals surface area contributed by atoms with Crippen LogP contribution < -0.4 is 10.6 Å². The Balaban J connectivity index is 1.56. The van der Waals surface area contributed by atoms with Gasteiger partial charge in [-0.15, -0.1) is 11.3 Å². The minimum Gasteiger partial charge on any atom is -0.477 e. The molecule has 1 aliphatic rings. The number of nitrogens with one attached hydrogen (secondary N) is 1. The second-order valence-electron chi connectivity index (χ2n) is 6.47. The van der Waals surface area contributed by atoms with Crippen molar-refractivity contribution in [3.8, 4) is 0 Å². The van der Waals surface area contributed by atoms with E-state index in [1.54, 1.807) is 17.0 Å². The Morgan fingerprint density at radius 1 is 1.22 bits per heavy atom. The number of aromatic nitrogens is 2. The molecule has 27 heavy (non-hydrogen) atoms. The number of aromatic carboxylic acids is 1. The third kappa shape index (κ3) is 2.37. The van der Waals surface area contributed by atoms with Crippen molar-refractivity contribution >= 4 is 55.7 Å². The van der Waals surface area contributed by atoms with Crippen LogP contribution in [0.15, 0.2) is 36.4 Å². The first-order chi connectivity index (χ1) is 13.0. The highest BCUT2D eigenvalue weighted by atomic mass is 32.1. The number of anilines is 2. The van der Waals surface area contributed by atoms with E-state index in [4.69, 9.17) is 5.73 Å². The van der Waals surface area contributed by atoms with Crippen LogP contribution in [0.5, 0.6) is 0 Å². The Morgan fingerprint density at radius 2 is 2.07 bits per heavy atom. The van der Waals surface area contributed by atoms with E-state index in [0.717, 1.165) is 32.4 Å². The molecule has 0 spiro atoms. The van der Waals surface area contributed by atoms with Crippen LogP contribution in [-0.2, 0) is 6.42 Å². The van der Waals surface area contributed by atoms with Crippen LogP contribution in [0.1, 0.15) is 25.9 Å². The number of H-pyrrole nitrogens is 1. The number of nitrogen functional groups attached to an aromatic ring is 1. The van der Waals surface area contributed by atoms with Gasteiger partial charge in [-0.3, -0.25) is 4.79 Å². The van der Waals surface area contributed by atoms with Gasteiger partial charge >= 0.3 is 5.97 Å². The van der Waals surface area contributed by atoms with Crippen molar-refractivity contribution < 1.29 is 14.7 Å². The Labute approximate surface area is 157 Å². The molecule has 0 unspecified atom stereocenters. The van der Waals surface area contributed by atoms with Crippen LogP contribution >= 0.6 is 11.3 Å². The van der Waals surface area contributed by atoms with Gasteiger partial charge in [0.1, 0.15) is 5.69 Å². The van der Waals surface area contributed by atoms with E-state index in [0.29, 0.717) is 23.7 Å². The highest BCUT2D eigenvalue weighted by molar-refractivity contribution is 7.20. The van der Waals surface area contributed by atoms with Crippen molar-refractivity contribution in [2.24, 2.45) is 0 Å². The molecule has 0 fully saturated rings. The molecule has 3 heterocycles. The van der Waals surface area contributed by atoms with Gasteiger partial charge in [0.2, 0.25) is 0 Å². The normalized spacial score (nSPS) is 13.4. The zero-order chi connectivity index (χ0) is 18.7. The van der Waals surface area contributed by atoms with E-state index < -0.39 is 5.97 Å². The maximum atomic E-state index is 13.1. The number of aromatic amines is 1. The summed E-state index contributed by atoms with van der Waals surface area (Å²) in [5.41, 5.74) is 9.90. The highest BCUT2D eigenvalue weighted by Crippen LogP contribution is 2.36. The van der Waals surface area contributed by atoms with E-state index in [-0.39, 0.29) is 11.6 Å². The number of carbonyl (C=O) groups is 2. The first-order valence-corrected chi connectivity index (χ1v) is 9.19. The second kappa shape index (κ2) is 5.55. The fourth-order valence-corrected chi connectivity index (χ4v) is 4.55. The van der Waals surface area contributed by atoms with E-state index in [9.17, 15) is 14.7 Å². The van der Waals surface area contributed by atoms with Crippen LogP contribution in [0.4, 0.5) is 11.4 Å². The van der Waals surface area contributed by atoms with Gasteiger partial charge in [-0.2, -0.15) is 0 Å². The van der Waals surface area contributed by atoms with Crippen molar-refractivity contribution in [3.63, 3.8) is 0 Å². The summed E-state index contributed by atoms with van der Waals surface area (Å²) in [5, 5.41) is 10.5. The standard InChI is InChI=1S/C19H14N4O3S/c20-9-1-2-13-16(7-9)27-17(22-13)18(24)23-6-5-10-11-8-14(19(25)26)21-12(11)3-4-15(10)23/h1-4,7-8,21H,5-6,20H2,(H,25,26). The first kappa shape index (κ1) is 15.8. The molecule has 2 aromatic heterocycles. The molecule has 5 rings (SSSR count). The second-order valence-corrected chi connectivity index (χ2v) is 7.50. The predicted molar refractivity (Wildman–Crippen MR) is 105 cm³/mol. The highest BCUT2D eigenvalue weighted by Gasteiger charge is 2.29. The van der Waals surface area contributed by atoms with Gasteiger partial charge in [-0.1, -0.05) is 0 Å². The summed E-state index contributed by atoms with van der Waals surface area (Å²) >= 11 is 1.33. The molecule has 8 heteroatoms. The fourth-order valence-electron chi connectivity index (χ4n) is 3.59. The molecule has 2 aromatic carbocycles. The van der Waals surface area contributed by atoms with Crippen LogP contribution in [0.25, 0.3) is 21.1 Å². The topological polar surface area (TPSA) is 112 Å². The molecular formula is C19H14N4O3S. The van der Waals surface area contributed by atoms with Crippen molar-refractivity contribution in [3.05, 3.63) is 52.7 Å². The summed E-state index contributed by atoms with van der Waals surface area (Å²) in [6, 6.07) is 10.7. The third-order valence-corrected chi connectivity index (χ3v) is 5.84. The zero-order valence-electron chi connectivity index (χ0n) is 14.0. The molecule has 7 nitrogen and oxygen atoms in total. The summed E-state index contributed by atoms with van der Waals surface area (Å²) in [6.45, 7) is 0.541. The Hall–Kier alpha value is -3.39. The largest absolute Gasteiger partial charge is 0.477 e. The number of nitrogens with zero attached hydrogens (tertiary/aromatic N) is 2. The summed E-state index contributed by atoms with van der Waals surface area (Å²) in [5.74, 6) is -1.15. The van der Waals surface area contributed by atoms with Crippen molar-refractivity contribution in [1.82, 2.24) is 9.97 Å². The molecule has 4 aromatic rings. The van der Waals surface area contributed by atoms with Crippen LogP contribution in [0, 0.1) is 0 Å². The fraction of sp³-hybridized carbons (Fsp3) is 0.105. The van der Waals surface area contributed by atoms with Gasteiger partial charge < -0.3 is 20.7 Å². The number of hydrogen-bond acceptors (Lipinski definition) is 5. The van der Waals surface area contributed by atoms with Crippen molar-refractivity contribution in [1.29, 1.82) is 0 Å². The molecule has 0 atom stereocenters. The van der Waals surface area contributed by atoms with Gasteiger partial charge in [-0.05, 0) is 48.4 Å². The number of thiazole rings is 1. The van der Waals surface area contributed by atoms with E-state index >= 15 is 0 Å². The number of nitrogens with two attached hydrogens (primary N) is 1. The first-order valence-electron chi connectivity index (χ1n) is 8.37. The summed E-state index contributed by atoms with van der Waals surface area (Å²) in [6.07, 6.45) is 0.674. The van der Waals surface area contributed by atoms with Crippen LogP contribution in [-0.4, -0.2) is 33.5 Å². The molecule has 1 aliphatic heterocycles. The monoisotopic (exact) mass is 378 g/mol. The molecule has 0 saturated heterocycles. The Bertz CT molecular complexity index is 1260. The molecule has 4 N–H and O–H groups in total. The summed E-state index contributed by atoms with van der Waals surface area (Å²) in [7, 11) is 0.